The van der Waals surface area contributed by atoms with Crippen LogP contribution in [0.4, 0.5) is 10.1 Å². The van der Waals surface area contributed by atoms with Gasteiger partial charge in [0.15, 0.2) is 0 Å². The first-order valence-corrected chi connectivity index (χ1v) is 9.42. The molecule has 0 aliphatic carbocycles. The molecule has 0 saturated carbocycles. The van der Waals surface area contributed by atoms with Crippen molar-refractivity contribution >= 4 is 29.3 Å². The van der Waals surface area contributed by atoms with Gasteiger partial charge in [-0.25, -0.2) is 4.39 Å². The van der Waals surface area contributed by atoms with Crippen LogP contribution in [0, 0.1) is 0 Å². The number of alkyl halides is 1. The van der Waals surface area contributed by atoms with Gasteiger partial charge in [0.2, 0.25) is 11.8 Å². The van der Waals surface area contributed by atoms with E-state index in [9.17, 15) is 23.6 Å². The zero-order valence-corrected chi connectivity index (χ0v) is 15.2. The summed E-state index contributed by atoms with van der Waals surface area (Å²) in [6.07, 6.45) is 0.613. The predicted octanol–water partition coefficient (Wildman–Crippen LogP) is 0.590. The number of hydrogen-bond acceptors (Lipinski definition) is 6. The van der Waals surface area contributed by atoms with Crippen molar-refractivity contribution in [3.63, 3.8) is 0 Å². The van der Waals surface area contributed by atoms with E-state index in [-0.39, 0.29) is 36.6 Å². The highest BCUT2D eigenvalue weighted by Gasteiger charge is 2.44. The number of amides is 4. The molecule has 0 spiro atoms. The van der Waals surface area contributed by atoms with E-state index >= 15 is 0 Å². The van der Waals surface area contributed by atoms with Crippen molar-refractivity contribution in [2.45, 2.75) is 43.9 Å². The lowest BCUT2D eigenvalue weighted by molar-refractivity contribution is -0.136. The summed E-state index contributed by atoms with van der Waals surface area (Å²) in [6, 6.07) is 3.32. The summed E-state index contributed by atoms with van der Waals surface area (Å²) >= 11 is 0. The van der Waals surface area contributed by atoms with Gasteiger partial charge < -0.3 is 10.6 Å². The number of carbonyl (C=O) groups excluding carboxylic acids is 4. The first-order chi connectivity index (χ1) is 13.5. The molecule has 3 atom stereocenters. The monoisotopic (exact) mass is 388 g/mol. The molecule has 2 saturated heterocycles. The van der Waals surface area contributed by atoms with E-state index in [0.29, 0.717) is 12.1 Å². The number of piperidine rings is 1. The van der Waals surface area contributed by atoms with Crippen molar-refractivity contribution in [1.29, 1.82) is 0 Å². The summed E-state index contributed by atoms with van der Waals surface area (Å²) in [4.78, 5) is 49.9. The molecule has 4 amide bonds. The van der Waals surface area contributed by atoms with Crippen LogP contribution in [0.3, 0.4) is 0 Å². The molecule has 1 aromatic carbocycles. The lowest BCUT2D eigenvalue weighted by Gasteiger charge is -2.27. The van der Waals surface area contributed by atoms with Crippen LogP contribution in [0.1, 0.15) is 46.4 Å². The Morgan fingerprint density at radius 2 is 1.86 bits per heavy atom. The standard InChI is InChI=1S/C19H21FN4O4/c20-13-9-21-7-1-2-14(13)22-10-3-4-11-12(8-10)19(28)24(18(11)27)15-5-6-16(25)23-17(15)26/h3-4,8,13-15,21-22H,1-2,5-7,9H2,(H,23,25,26). The maximum absolute atomic E-state index is 14.3. The van der Waals surface area contributed by atoms with Crippen molar-refractivity contribution in [1.82, 2.24) is 15.5 Å². The summed E-state index contributed by atoms with van der Waals surface area (Å²) in [6.45, 7) is 1.03. The smallest absolute Gasteiger partial charge is 0.262 e. The number of nitrogens with one attached hydrogen (secondary N) is 3. The zero-order valence-electron chi connectivity index (χ0n) is 15.2. The Labute approximate surface area is 160 Å². The van der Waals surface area contributed by atoms with Crippen molar-refractivity contribution in [3.8, 4) is 0 Å². The van der Waals surface area contributed by atoms with E-state index in [1.807, 2.05) is 0 Å². The van der Waals surface area contributed by atoms with Crippen LogP contribution in [0.2, 0.25) is 0 Å². The third kappa shape index (κ3) is 3.26. The average molecular weight is 388 g/mol. The molecule has 3 heterocycles. The van der Waals surface area contributed by atoms with Crippen LogP contribution in [0.15, 0.2) is 18.2 Å². The fourth-order valence-electron chi connectivity index (χ4n) is 3.95. The van der Waals surface area contributed by atoms with Gasteiger partial charge in [0.1, 0.15) is 12.2 Å². The molecule has 3 aliphatic rings. The summed E-state index contributed by atoms with van der Waals surface area (Å²) < 4.78 is 14.3. The molecule has 8 nitrogen and oxygen atoms in total. The van der Waals surface area contributed by atoms with Gasteiger partial charge in [0.25, 0.3) is 11.8 Å². The Bertz CT molecular complexity index is 858. The van der Waals surface area contributed by atoms with E-state index in [0.717, 1.165) is 17.9 Å². The first kappa shape index (κ1) is 18.5. The fourth-order valence-corrected chi connectivity index (χ4v) is 3.95. The van der Waals surface area contributed by atoms with Crippen molar-refractivity contribution in [2.75, 3.05) is 18.4 Å². The number of carbonyl (C=O) groups is 4. The number of hydrogen-bond donors (Lipinski definition) is 3. The van der Waals surface area contributed by atoms with Crippen molar-refractivity contribution in [3.05, 3.63) is 29.3 Å². The minimum atomic E-state index is -1.06. The Morgan fingerprint density at radius 3 is 2.64 bits per heavy atom. The molecule has 1 aromatic rings. The second kappa shape index (κ2) is 7.31. The molecule has 148 valence electrons. The maximum atomic E-state index is 14.3. The number of anilines is 1. The summed E-state index contributed by atoms with van der Waals surface area (Å²) in [7, 11) is 0. The third-order valence-corrected chi connectivity index (χ3v) is 5.44. The van der Waals surface area contributed by atoms with E-state index in [2.05, 4.69) is 16.0 Å². The topological polar surface area (TPSA) is 108 Å². The molecule has 0 aromatic heterocycles. The minimum Gasteiger partial charge on any atom is -0.379 e. The van der Waals surface area contributed by atoms with Gasteiger partial charge in [-0.1, -0.05) is 0 Å². The quantitative estimate of drug-likeness (QED) is 0.655. The lowest BCUT2D eigenvalue weighted by Crippen LogP contribution is -2.54. The minimum absolute atomic E-state index is 0.0736. The second-order valence-electron chi connectivity index (χ2n) is 7.32. The number of benzene rings is 1. The maximum Gasteiger partial charge on any atom is 0.262 e. The molecule has 28 heavy (non-hydrogen) atoms. The highest BCUT2D eigenvalue weighted by atomic mass is 19.1. The van der Waals surface area contributed by atoms with Gasteiger partial charge in [-0.2, -0.15) is 0 Å². The third-order valence-electron chi connectivity index (χ3n) is 5.44. The SMILES string of the molecule is O=C1CCC(N2C(=O)c3ccc(NC4CCCNCC4F)cc3C2=O)C(=O)N1. The summed E-state index contributed by atoms with van der Waals surface area (Å²) in [5, 5.41) is 8.32. The molecule has 3 unspecified atom stereocenters. The normalized spacial score (nSPS) is 28.0. The van der Waals surface area contributed by atoms with Crippen molar-refractivity contribution in [2.24, 2.45) is 0 Å². The highest BCUT2D eigenvalue weighted by Crippen LogP contribution is 2.30. The van der Waals surface area contributed by atoms with Gasteiger partial charge in [0, 0.05) is 18.7 Å². The predicted molar refractivity (Wildman–Crippen MR) is 97.5 cm³/mol. The van der Waals surface area contributed by atoms with Crippen LogP contribution < -0.4 is 16.0 Å². The van der Waals surface area contributed by atoms with Crippen LogP contribution >= 0.6 is 0 Å². The molecule has 0 bridgehead atoms. The highest BCUT2D eigenvalue weighted by molar-refractivity contribution is 6.23. The summed E-state index contributed by atoms with van der Waals surface area (Å²) in [5.41, 5.74) is 0.945. The average Bonchev–Trinajstić information content (AvgIpc) is 2.79. The van der Waals surface area contributed by atoms with Gasteiger partial charge >= 0.3 is 0 Å². The largest absolute Gasteiger partial charge is 0.379 e. The second-order valence-corrected chi connectivity index (χ2v) is 7.32. The van der Waals surface area contributed by atoms with Crippen LogP contribution in [0.25, 0.3) is 0 Å². The van der Waals surface area contributed by atoms with Crippen LogP contribution in [0.5, 0.6) is 0 Å². The zero-order chi connectivity index (χ0) is 19.8. The molecule has 3 N–H and O–H groups in total. The number of imide groups is 2. The van der Waals surface area contributed by atoms with Gasteiger partial charge in [-0.05, 0) is 44.0 Å². The van der Waals surface area contributed by atoms with Gasteiger partial charge in [-0.3, -0.25) is 29.4 Å². The molecule has 0 radical (unpaired) electrons. The van der Waals surface area contributed by atoms with Gasteiger partial charge in [-0.15, -0.1) is 0 Å². The number of halogens is 1. The molecule has 2 fully saturated rings. The Morgan fingerprint density at radius 1 is 1.07 bits per heavy atom. The van der Waals surface area contributed by atoms with E-state index < -0.39 is 35.8 Å². The lowest BCUT2D eigenvalue weighted by atomic mass is 10.0. The molecule has 3 aliphatic heterocycles. The molecule has 4 rings (SSSR count). The molecular formula is C19H21FN4O4. The van der Waals surface area contributed by atoms with Crippen LogP contribution in [-0.4, -0.2) is 59.9 Å². The Balaban J connectivity index is 1.55. The Hall–Kier alpha value is -2.81. The first-order valence-electron chi connectivity index (χ1n) is 9.42. The fraction of sp³-hybridized carbons (Fsp3) is 0.474. The van der Waals surface area contributed by atoms with E-state index in [1.54, 1.807) is 6.07 Å². The van der Waals surface area contributed by atoms with Crippen molar-refractivity contribution < 1.29 is 23.6 Å². The number of rotatable bonds is 3. The number of nitrogens with zero attached hydrogens (tertiary/aromatic N) is 1. The molecular weight excluding hydrogens is 367 g/mol. The molecule has 9 heteroatoms. The number of fused-ring (bicyclic) bond motifs is 1. The van der Waals surface area contributed by atoms with Crippen LogP contribution in [-0.2, 0) is 9.59 Å². The van der Waals surface area contributed by atoms with E-state index in [4.69, 9.17) is 0 Å². The van der Waals surface area contributed by atoms with E-state index in [1.165, 1.54) is 12.1 Å². The summed E-state index contributed by atoms with van der Waals surface area (Å²) in [5.74, 6) is -2.18. The van der Waals surface area contributed by atoms with Gasteiger partial charge in [0.05, 0.1) is 17.2 Å². The Kier molecular flexibility index (Phi) is 4.84.